The summed E-state index contributed by atoms with van der Waals surface area (Å²) >= 11 is 0. The van der Waals surface area contributed by atoms with Crippen LogP contribution in [0.1, 0.15) is 45.1 Å². The fraction of sp³-hybridized carbons (Fsp3) is 0.556. The van der Waals surface area contributed by atoms with E-state index in [-0.39, 0.29) is 29.4 Å². The van der Waals surface area contributed by atoms with Crippen molar-refractivity contribution in [3.63, 3.8) is 0 Å². The van der Waals surface area contributed by atoms with Crippen LogP contribution in [0.5, 0.6) is 6.01 Å². The molecule has 28 heavy (non-hydrogen) atoms. The molecule has 2 heterocycles. The minimum absolute atomic E-state index is 0.00618. The van der Waals surface area contributed by atoms with Gasteiger partial charge in [0.25, 0.3) is 5.56 Å². The lowest BCUT2D eigenvalue weighted by Gasteiger charge is -2.15. The first-order valence-electron chi connectivity index (χ1n) is 9.27. The molecule has 1 N–H and O–H groups in total. The number of rotatable bonds is 6. The molecule has 0 spiro atoms. The second kappa shape index (κ2) is 7.86. The highest BCUT2D eigenvalue weighted by Gasteiger charge is 2.22. The second-order valence-corrected chi connectivity index (χ2v) is 9.55. The van der Waals surface area contributed by atoms with E-state index in [0.29, 0.717) is 11.1 Å². The Kier molecular flexibility index (Phi) is 5.69. The molecular formula is C18H25N5O4S. The SMILES string of the molecule is Cc1cc(-c2nc(NS(=O)(=O)C(C)C)nc(OC3CCCC3)n2)cn(C)c1=O. The third kappa shape index (κ3) is 4.49. The van der Waals surface area contributed by atoms with Crippen LogP contribution in [0.4, 0.5) is 5.95 Å². The molecule has 0 unspecified atom stereocenters. The minimum atomic E-state index is -3.63. The number of ether oxygens (including phenoxy) is 1. The smallest absolute Gasteiger partial charge is 0.322 e. The molecule has 1 aliphatic rings. The number of nitrogens with one attached hydrogen (secondary N) is 1. The van der Waals surface area contributed by atoms with Gasteiger partial charge in [-0.1, -0.05) is 0 Å². The quantitative estimate of drug-likeness (QED) is 0.778. The van der Waals surface area contributed by atoms with Gasteiger partial charge in [-0.25, -0.2) is 8.42 Å². The molecule has 0 saturated heterocycles. The maximum atomic E-state index is 12.3. The summed E-state index contributed by atoms with van der Waals surface area (Å²) in [7, 11) is -1.99. The molecule has 0 amide bonds. The van der Waals surface area contributed by atoms with Gasteiger partial charge in [0.1, 0.15) is 6.10 Å². The predicted octanol–water partition coefficient (Wildman–Crippen LogP) is 2.02. The van der Waals surface area contributed by atoms with Gasteiger partial charge in [0.2, 0.25) is 16.0 Å². The highest BCUT2D eigenvalue weighted by atomic mass is 32.2. The number of aromatic nitrogens is 4. The van der Waals surface area contributed by atoms with Gasteiger partial charge >= 0.3 is 6.01 Å². The molecule has 0 aromatic carbocycles. The van der Waals surface area contributed by atoms with Crippen molar-refractivity contribution in [1.82, 2.24) is 19.5 Å². The molecule has 0 aliphatic heterocycles. The van der Waals surface area contributed by atoms with E-state index in [1.165, 1.54) is 4.57 Å². The summed E-state index contributed by atoms with van der Waals surface area (Å²) in [6.45, 7) is 4.83. The summed E-state index contributed by atoms with van der Waals surface area (Å²) in [4.78, 5) is 24.7. The van der Waals surface area contributed by atoms with Gasteiger partial charge in [-0.2, -0.15) is 15.0 Å². The van der Waals surface area contributed by atoms with E-state index in [2.05, 4.69) is 19.7 Å². The molecule has 0 bridgehead atoms. The van der Waals surface area contributed by atoms with Crippen LogP contribution in [0.2, 0.25) is 0 Å². The van der Waals surface area contributed by atoms with Gasteiger partial charge in [-0.05, 0) is 52.5 Å². The summed E-state index contributed by atoms with van der Waals surface area (Å²) in [5.41, 5.74) is 0.979. The molecule has 1 fully saturated rings. The van der Waals surface area contributed by atoms with Crippen molar-refractivity contribution in [3.05, 3.63) is 28.2 Å². The summed E-state index contributed by atoms with van der Waals surface area (Å²) in [6.07, 6.45) is 5.59. The van der Waals surface area contributed by atoms with Gasteiger partial charge in [0, 0.05) is 24.4 Å². The number of nitrogens with zero attached hydrogens (tertiary/aromatic N) is 4. The molecule has 2 aromatic rings. The molecule has 9 nitrogen and oxygen atoms in total. The van der Waals surface area contributed by atoms with E-state index in [9.17, 15) is 13.2 Å². The van der Waals surface area contributed by atoms with Crippen molar-refractivity contribution < 1.29 is 13.2 Å². The van der Waals surface area contributed by atoms with Crippen LogP contribution in [0.3, 0.4) is 0 Å². The van der Waals surface area contributed by atoms with Crippen molar-refractivity contribution in [1.29, 1.82) is 0 Å². The summed E-state index contributed by atoms with van der Waals surface area (Å²) in [5, 5.41) is -0.647. The third-order valence-electron chi connectivity index (χ3n) is 4.66. The zero-order valence-electron chi connectivity index (χ0n) is 16.5. The van der Waals surface area contributed by atoms with Crippen LogP contribution >= 0.6 is 0 Å². The highest BCUT2D eigenvalue weighted by Crippen LogP contribution is 2.25. The number of hydrogen-bond donors (Lipinski definition) is 1. The normalized spacial score (nSPS) is 15.2. The Morgan fingerprint density at radius 2 is 1.89 bits per heavy atom. The van der Waals surface area contributed by atoms with Gasteiger partial charge in [0.05, 0.1) is 5.25 Å². The molecule has 2 aromatic heterocycles. The fourth-order valence-corrected chi connectivity index (χ4v) is 3.57. The molecule has 3 rings (SSSR count). The standard InChI is InChI=1S/C18H25N5O4S/c1-11(2)28(25,26)22-17-19-15(13-9-12(3)16(24)23(4)10-13)20-18(21-17)27-14-7-5-6-8-14/h9-11,14H,5-8H2,1-4H3,(H,19,20,21,22). The first-order valence-corrected chi connectivity index (χ1v) is 10.8. The summed E-state index contributed by atoms with van der Waals surface area (Å²) in [6, 6.07) is 1.74. The van der Waals surface area contributed by atoms with Crippen LogP contribution in [0, 0.1) is 6.92 Å². The average Bonchev–Trinajstić information content (AvgIpc) is 3.11. The van der Waals surface area contributed by atoms with Crippen LogP contribution in [-0.2, 0) is 17.1 Å². The Bertz CT molecular complexity index is 1000. The van der Waals surface area contributed by atoms with Crippen molar-refractivity contribution in [2.75, 3.05) is 4.72 Å². The van der Waals surface area contributed by atoms with E-state index in [0.717, 1.165) is 25.7 Å². The Morgan fingerprint density at radius 1 is 1.21 bits per heavy atom. The lowest BCUT2D eigenvalue weighted by molar-refractivity contribution is 0.192. The molecule has 0 atom stereocenters. The fourth-order valence-electron chi connectivity index (χ4n) is 2.98. The van der Waals surface area contributed by atoms with Gasteiger partial charge in [-0.15, -0.1) is 0 Å². The molecular weight excluding hydrogens is 382 g/mol. The van der Waals surface area contributed by atoms with Crippen LogP contribution in [0.25, 0.3) is 11.4 Å². The van der Waals surface area contributed by atoms with Crippen LogP contribution < -0.4 is 15.0 Å². The molecule has 152 valence electrons. The molecule has 10 heteroatoms. The molecule has 1 aliphatic carbocycles. The Morgan fingerprint density at radius 3 is 2.50 bits per heavy atom. The third-order valence-corrected chi connectivity index (χ3v) is 6.37. The lowest BCUT2D eigenvalue weighted by atomic mass is 10.2. The van der Waals surface area contributed by atoms with Crippen LogP contribution in [0.15, 0.2) is 17.1 Å². The average molecular weight is 407 g/mol. The highest BCUT2D eigenvalue weighted by molar-refractivity contribution is 7.93. The number of sulfonamides is 1. The van der Waals surface area contributed by atoms with E-state index >= 15 is 0 Å². The van der Waals surface area contributed by atoms with E-state index < -0.39 is 15.3 Å². The van der Waals surface area contributed by atoms with E-state index in [1.807, 2.05) is 0 Å². The Hall–Kier alpha value is -2.49. The zero-order chi connectivity index (χ0) is 20.5. The van der Waals surface area contributed by atoms with Crippen molar-refractivity contribution in [3.8, 4) is 17.4 Å². The number of aryl methyl sites for hydroxylation is 2. The largest absolute Gasteiger partial charge is 0.460 e. The number of hydrogen-bond acceptors (Lipinski definition) is 7. The molecule has 0 radical (unpaired) electrons. The maximum absolute atomic E-state index is 12.3. The summed E-state index contributed by atoms with van der Waals surface area (Å²) in [5.74, 6) is 0.140. The lowest BCUT2D eigenvalue weighted by Crippen LogP contribution is -2.24. The first-order chi connectivity index (χ1) is 13.2. The van der Waals surface area contributed by atoms with Gasteiger partial charge in [0.15, 0.2) is 5.82 Å². The van der Waals surface area contributed by atoms with E-state index in [4.69, 9.17) is 4.74 Å². The van der Waals surface area contributed by atoms with Gasteiger partial charge in [-0.3, -0.25) is 9.52 Å². The Balaban J connectivity index is 2.05. The monoisotopic (exact) mass is 407 g/mol. The Labute approximate surface area is 164 Å². The molecule has 1 saturated carbocycles. The van der Waals surface area contributed by atoms with Crippen molar-refractivity contribution in [2.45, 2.75) is 57.8 Å². The zero-order valence-corrected chi connectivity index (χ0v) is 17.3. The van der Waals surface area contributed by atoms with Crippen LogP contribution in [-0.4, -0.2) is 39.3 Å². The summed E-state index contributed by atoms with van der Waals surface area (Å²) < 4.78 is 34.2. The van der Waals surface area contributed by atoms with E-state index in [1.54, 1.807) is 40.1 Å². The van der Waals surface area contributed by atoms with Crippen molar-refractivity contribution in [2.24, 2.45) is 7.05 Å². The first kappa shape index (κ1) is 20.2. The number of pyridine rings is 1. The van der Waals surface area contributed by atoms with Gasteiger partial charge < -0.3 is 9.30 Å². The number of anilines is 1. The maximum Gasteiger partial charge on any atom is 0.322 e. The minimum Gasteiger partial charge on any atom is -0.460 e. The second-order valence-electron chi connectivity index (χ2n) is 7.31. The topological polar surface area (TPSA) is 116 Å². The van der Waals surface area contributed by atoms with Crippen molar-refractivity contribution >= 4 is 16.0 Å². The predicted molar refractivity (Wildman–Crippen MR) is 106 cm³/mol.